The second-order valence-electron chi connectivity index (χ2n) is 8.00. The second kappa shape index (κ2) is 8.05. The van der Waals surface area contributed by atoms with Gasteiger partial charge in [-0.1, -0.05) is 43.2 Å². The predicted molar refractivity (Wildman–Crippen MR) is 108 cm³/mol. The molecule has 1 saturated heterocycles. The summed E-state index contributed by atoms with van der Waals surface area (Å²) in [6, 6.07) is 6.35. The van der Waals surface area contributed by atoms with Crippen molar-refractivity contribution < 1.29 is 4.79 Å². The average molecular weight is 385 g/mol. The Morgan fingerprint density at radius 3 is 2.85 bits per heavy atom. The Labute approximate surface area is 165 Å². The van der Waals surface area contributed by atoms with E-state index < -0.39 is 0 Å². The molecule has 0 spiro atoms. The van der Waals surface area contributed by atoms with Gasteiger partial charge in [0.05, 0.1) is 11.4 Å². The van der Waals surface area contributed by atoms with Crippen LogP contribution in [0, 0.1) is 25.7 Å². The molecule has 0 N–H and O–H groups in total. The fraction of sp³-hybridized carbons (Fsp3) is 0.571. The fourth-order valence-corrected chi connectivity index (χ4v) is 5.34. The third-order valence-corrected chi connectivity index (χ3v) is 7.04. The molecule has 0 bridgehead atoms. The van der Waals surface area contributed by atoms with E-state index in [2.05, 4.69) is 47.1 Å². The summed E-state index contributed by atoms with van der Waals surface area (Å²) in [4.78, 5) is 14.9. The van der Waals surface area contributed by atoms with Gasteiger partial charge in [0.1, 0.15) is 6.33 Å². The summed E-state index contributed by atoms with van der Waals surface area (Å²) in [6.07, 6.45) is 8.28. The highest BCUT2D eigenvalue weighted by Crippen LogP contribution is 2.36. The highest BCUT2D eigenvalue weighted by molar-refractivity contribution is 7.99. The molecule has 2 fully saturated rings. The average Bonchev–Trinajstić information content (AvgIpc) is 3.16. The molecule has 1 aliphatic heterocycles. The summed E-state index contributed by atoms with van der Waals surface area (Å²) in [5, 5.41) is 9.11. The van der Waals surface area contributed by atoms with Crippen molar-refractivity contribution in [2.45, 2.75) is 51.1 Å². The zero-order chi connectivity index (χ0) is 18.8. The third kappa shape index (κ3) is 4.05. The van der Waals surface area contributed by atoms with Crippen molar-refractivity contribution in [1.82, 2.24) is 19.7 Å². The maximum atomic E-state index is 12.8. The summed E-state index contributed by atoms with van der Waals surface area (Å²) in [5.41, 5.74) is 3.46. The molecule has 4 rings (SSSR count). The van der Waals surface area contributed by atoms with E-state index in [1.54, 1.807) is 6.33 Å². The standard InChI is InChI=1S/C21H28N4OS/c1-15-7-8-16(2)19(11-15)25-14-22-23-21(25)27-13-20(26)24-10-9-17-5-3-4-6-18(17)12-24/h7-8,11,14,17-18H,3-6,9-10,12-13H2,1-2H3/t17-,18-/m1/s1. The number of benzene rings is 1. The highest BCUT2D eigenvalue weighted by Gasteiger charge is 2.32. The topological polar surface area (TPSA) is 51.0 Å². The van der Waals surface area contributed by atoms with Crippen molar-refractivity contribution in [3.63, 3.8) is 0 Å². The normalized spacial score (nSPS) is 22.5. The molecular formula is C21H28N4OS. The van der Waals surface area contributed by atoms with Gasteiger partial charge < -0.3 is 4.90 Å². The number of carbonyl (C=O) groups excluding carboxylic acids is 1. The minimum atomic E-state index is 0.236. The maximum Gasteiger partial charge on any atom is 0.233 e. The quantitative estimate of drug-likeness (QED) is 0.747. The van der Waals surface area contributed by atoms with Crippen LogP contribution < -0.4 is 0 Å². The number of amides is 1. The number of nitrogens with zero attached hydrogens (tertiary/aromatic N) is 4. The second-order valence-corrected chi connectivity index (χ2v) is 8.94. The number of piperidine rings is 1. The number of rotatable bonds is 4. The molecule has 2 heterocycles. The number of likely N-dealkylation sites (tertiary alicyclic amines) is 1. The van der Waals surface area contributed by atoms with E-state index in [0.29, 0.717) is 5.75 Å². The van der Waals surface area contributed by atoms with Crippen LogP contribution in [0.3, 0.4) is 0 Å². The van der Waals surface area contributed by atoms with Crippen molar-refractivity contribution >= 4 is 17.7 Å². The number of aromatic nitrogens is 3. The summed E-state index contributed by atoms with van der Waals surface area (Å²) in [5.74, 6) is 2.24. The lowest BCUT2D eigenvalue weighted by molar-refractivity contribution is -0.131. The van der Waals surface area contributed by atoms with Crippen LogP contribution in [0.4, 0.5) is 0 Å². The molecule has 2 aromatic rings. The molecule has 2 atom stereocenters. The lowest BCUT2D eigenvalue weighted by Crippen LogP contribution is -2.45. The minimum absolute atomic E-state index is 0.236. The number of thioether (sulfide) groups is 1. The molecule has 1 aromatic carbocycles. The zero-order valence-corrected chi connectivity index (χ0v) is 17.0. The maximum absolute atomic E-state index is 12.8. The fourth-order valence-electron chi connectivity index (χ4n) is 4.51. The van der Waals surface area contributed by atoms with Crippen LogP contribution in [0.1, 0.15) is 43.2 Å². The zero-order valence-electron chi connectivity index (χ0n) is 16.2. The van der Waals surface area contributed by atoms with E-state index in [0.717, 1.165) is 35.8 Å². The Hall–Kier alpha value is -1.82. The van der Waals surface area contributed by atoms with Crippen molar-refractivity contribution in [3.8, 4) is 5.69 Å². The van der Waals surface area contributed by atoms with Gasteiger partial charge in [0.15, 0.2) is 5.16 Å². The lowest BCUT2D eigenvalue weighted by Gasteiger charge is -2.41. The summed E-state index contributed by atoms with van der Waals surface area (Å²) < 4.78 is 1.99. The molecule has 27 heavy (non-hydrogen) atoms. The van der Waals surface area contributed by atoms with Gasteiger partial charge in [0.25, 0.3) is 0 Å². The first kappa shape index (κ1) is 18.5. The first-order valence-electron chi connectivity index (χ1n) is 10.00. The molecule has 1 saturated carbocycles. The van der Waals surface area contributed by atoms with Crippen LogP contribution in [0.15, 0.2) is 29.7 Å². The molecule has 2 aliphatic rings. The van der Waals surface area contributed by atoms with E-state index in [1.807, 2.05) is 4.57 Å². The van der Waals surface area contributed by atoms with Gasteiger partial charge in [-0.25, -0.2) is 0 Å². The molecule has 1 amide bonds. The van der Waals surface area contributed by atoms with Gasteiger partial charge in [-0.15, -0.1) is 10.2 Å². The van der Waals surface area contributed by atoms with Gasteiger partial charge >= 0.3 is 0 Å². The van der Waals surface area contributed by atoms with Crippen LogP contribution in [0.5, 0.6) is 0 Å². The molecule has 144 valence electrons. The number of fused-ring (bicyclic) bond motifs is 1. The first-order valence-corrected chi connectivity index (χ1v) is 11.0. The van der Waals surface area contributed by atoms with Crippen LogP contribution >= 0.6 is 11.8 Å². The summed E-state index contributed by atoms with van der Waals surface area (Å²) in [6.45, 7) is 6.04. The number of carbonyl (C=O) groups is 1. The van der Waals surface area contributed by atoms with Crippen molar-refractivity contribution in [3.05, 3.63) is 35.7 Å². The van der Waals surface area contributed by atoms with Crippen LogP contribution in [0.2, 0.25) is 0 Å². The Kier molecular flexibility index (Phi) is 5.53. The van der Waals surface area contributed by atoms with E-state index >= 15 is 0 Å². The Morgan fingerprint density at radius 2 is 2.00 bits per heavy atom. The van der Waals surface area contributed by atoms with E-state index in [4.69, 9.17) is 0 Å². The number of hydrogen-bond acceptors (Lipinski definition) is 4. The summed E-state index contributed by atoms with van der Waals surface area (Å²) in [7, 11) is 0. The highest BCUT2D eigenvalue weighted by atomic mass is 32.2. The SMILES string of the molecule is Cc1ccc(C)c(-n2cnnc2SCC(=O)N2CC[C@H]3CCCC[C@@H]3C2)c1. The first-order chi connectivity index (χ1) is 13.1. The predicted octanol–water partition coefficient (Wildman–Crippen LogP) is 4.01. The molecular weight excluding hydrogens is 356 g/mol. The molecule has 1 aliphatic carbocycles. The minimum Gasteiger partial charge on any atom is -0.342 e. The molecule has 1 aromatic heterocycles. The molecule has 0 unspecified atom stereocenters. The van der Waals surface area contributed by atoms with Crippen LogP contribution in [-0.4, -0.2) is 44.4 Å². The van der Waals surface area contributed by atoms with Crippen molar-refractivity contribution in [1.29, 1.82) is 0 Å². The van der Waals surface area contributed by atoms with Crippen LogP contribution in [0.25, 0.3) is 5.69 Å². The number of hydrogen-bond donors (Lipinski definition) is 0. The molecule has 5 nitrogen and oxygen atoms in total. The van der Waals surface area contributed by atoms with Gasteiger partial charge in [0.2, 0.25) is 5.91 Å². The monoisotopic (exact) mass is 384 g/mol. The smallest absolute Gasteiger partial charge is 0.233 e. The lowest BCUT2D eigenvalue weighted by atomic mass is 9.75. The third-order valence-electron chi connectivity index (χ3n) is 6.11. The van der Waals surface area contributed by atoms with Gasteiger partial charge in [-0.05, 0) is 55.7 Å². The van der Waals surface area contributed by atoms with Crippen molar-refractivity contribution in [2.75, 3.05) is 18.8 Å². The van der Waals surface area contributed by atoms with Gasteiger partial charge in [0, 0.05) is 13.1 Å². The largest absolute Gasteiger partial charge is 0.342 e. The Morgan fingerprint density at radius 1 is 1.19 bits per heavy atom. The number of aryl methyl sites for hydroxylation is 2. The Bertz CT molecular complexity index is 818. The molecule has 0 radical (unpaired) electrons. The van der Waals surface area contributed by atoms with Gasteiger partial charge in [-0.3, -0.25) is 9.36 Å². The molecule has 6 heteroatoms. The van der Waals surface area contributed by atoms with E-state index in [1.165, 1.54) is 55.0 Å². The Balaban J connectivity index is 1.40. The van der Waals surface area contributed by atoms with E-state index in [9.17, 15) is 4.79 Å². The van der Waals surface area contributed by atoms with Gasteiger partial charge in [-0.2, -0.15) is 0 Å². The summed E-state index contributed by atoms with van der Waals surface area (Å²) >= 11 is 1.49. The van der Waals surface area contributed by atoms with Crippen LogP contribution in [-0.2, 0) is 4.79 Å². The van der Waals surface area contributed by atoms with E-state index in [-0.39, 0.29) is 5.91 Å². The van der Waals surface area contributed by atoms with Crippen molar-refractivity contribution in [2.24, 2.45) is 11.8 Å².